The van der Waals surface area contributed by atoms with Gasteiger partial charge in [0.15, 0.2) is 0 Å². The van der Waals surface area contributed by atoms with E-state index in [9.17, 15) is 4.79 Å². The normalized spacial score (nSPS) is 28.8. The minimum Gasteiger partial charge on any atom is -0.490 e. The van der Waals surface area contributed by atoms with Gasteiger partial charge in [0.05, 0.1) is 5.02 Å². The molecule has 3 atom stereocenters. The third kappa shape index (κ3) is 2.58. The van der Waals surface area contributed by atoms with Gasteiger partial charge in [-0.25, -0.2) is 4.99 Å². The molecule has 1 aromatic carbocycles. The Morgan fingerprint density at radius 2 is 2.11 bits per heavy atom. The summed E-state index contributed by atoms with van der Waals surface area (Å²) in [6.45, 7) is 0.320. The lowest BCUT2D eigenvalue weighted by molar-refractivity contribution is -0.126. The molecule has 1 aliphatic carbocycles. The zero-order valence-corrected chi connectivity index (χ0v) is 15.3. The highest BCUT2D eigenvalue weighted by atomic mass is 35.5. The molecule has 1 fully saturated rings. The summed E-state index contributed by atoms with van der Waals surface area (Å²) in [6, 6.07) is 7.99. The molecule has 7 heteroatoms. The molecule has 0 radical (unpaired) electrons. The van der Waals surface area contributed by atoms with Crippen molar-refractivity contribution in [2.24, 2.45) is 16.6 Å². The van der Waals surface area contributed by atoms with Crippen molar-refractivity contribution in [3.05, 3.63) is 47.2 Å². The Morgan fingerprint density at radius 1 is 1.22 bits per heavy atom. The van der Waals surface area contributed by atoms with Crippen LogP contribution in [0.25, 0.3) is 11.1 Å². The van der Waals surface area contributed by atoms with E-state index in [1.807, 2.05) is 24.3 Å². The van der Waals surface area contributed by atoms with Crippen molar-refractivity contribution < 1.29 is 14.3 Å². The number of halogens is 1. The van der Waals surface area contributed by atoms with E-state index in [1.165, 1.54) is 0 Å². The molecule has 0 amide bonds. The molecular weight excluding hydrogens is 366 g/mol. The van der Waals surface area contributed by atoms with Gasteiger partial charge in [0.2, 0.25) is 0 Å². The lowest BCUT2D eigenvalue weighted by atomic mass is 9.68. The zero-order valence-electron chi connectivity index (χ0n) is 14.5. The van der Waals surface area contributed by atoms with Gasteiger partial charge < -0.3 is 15.2 Å². The summed E-state index contributed by atoms with van der Waals surface area (Å²) >= 11 is 6.10. The number of nitrogens with zero attached hydrogens (tertiary/aromatic N) is 2. The Kier molecular flexibility index (Phi) is 3.65. The number of fused-ring (bicyclic) bond motifs is 4. The van der Waals surface area contributed by atoms with E-state index in [0.29, 0.717) is 30.9 Å². The number of aliphatic imine (C=N–C) groups is 1. The van der Waals surface area contributed by atoms with Crippen molar-refractivity contribution in [1.29, 1.82) is 0 Å². The molecule has 1 aromatic heterocycles. The van der Waals surface area contributed by atoms with Gasteiger partial charge >= 0.3 is 0 Å². The molecule has 3 aliphatic rings. The largest absolute Gasteiger partial charge is 0.490 e. The van der Waals surface area contributed by atoms with Crippen molar-refractivity contribution in [2.75, 3.05) is 6.61 Å². The molecule has 3 heterocycles. The molecule has 138 valence electrons. The second-order valence-corrected chi connectivity index (χ2v) is 7.75. The fourth-order valence-corrected chi connectivity index (χ4v) is 4.63. The summed E-state index contributed by atoms with van der Waals surface area (Å²) in [5, 5.41) is 0.570. The van der Waals surface area contributed by atoms with E-state index in [1.54, 1.807) is 12.4 Å². The Hall–Kier alpha value is -2.60. The fourth-order valence-electron chi connectivity index (χ4n) is 4.46. The number of hydrogen-bond donors (Lipinski definition) is 1. The van der Waals surface area contributed by atoms with Gasteiger partial charge in [-0.2, -0.15) is 0 Å². The van der Waals surface area contributed by atoms with Gasteiger partial charge in [0, 0.05) is 42.3 Å². The first-order chi connectivity index (χ1) is 13.0. The number of nitrogens with two attached hydrogens (primary N) is 1. The number of ketones is 1. The van der Waals surface area contributed by atoms with Crippen LogP contribution in [0.4, 0.5) is 0 Å². The number of Topliss-reactive ketones (excluding diaryl/α,β-unsaturated/α-hetero) is 1. The first-order valence-corrected chi connectivity index (χ1v) is 9.35. The summed E-state index contributed by atoms with van der Waals surface area (Å²) in [5.74, 6) is 0.921. The molecule has 2 aromatic rings. The second-order valence-electron chi connectivity index (χ2n) is 7.31. The molecule has 1 saturated carbocycles. The topological polar surface area (TPSA) is 86.8 Å². The number of benzene rings is 1. The van der Waals surface area contributed by atoms with E-state index in [-0.39, 0.29) is 23.8 Å². The average molecular weight is 384 g/mol. The van der Waals surface area contributed by atoms with Crippen LogP contribution in [0.5, 0.6) is 5.75 Å². The van der Waals surface area contributed by atoms with Crippen LogP contribution in [0.3, 0.4) is 0 Å². The molecule has 27 heavy (non-hydrogen) atoms. The number of hydrogen-bond acceptors (Lipinski definition) is 6. The Morgan fingerprint density at radius 3 is 2.89 bits per heavy atom. The maximum absolute atomic E-state index is 12.2. The molecule has 2 aliphatic heterocycles. The van der Waals surface area contributed by atoms with E-state index in [0.717, 1.165) is 22.4 Å². The maximum Gasteiger partial charge on any atom is 0.283 e. The predicted octanol–water partition coefficient (Wildman–Crippen LogP) is 3.07. The van der Waals surface area contributed by atoms with Crippen LogP contribution in [0.1, 0.15) is 24.8 Å². The van der Waals surface area contributed by atoms with Gasteiger partial charge in [-0.05, 0) is 30.2 Å². The third-order valence-corrected chi connectivity index (χ3v) is 5.94. The average Bonchev–Trinajstić information content (AvgIpc) is 3.05. The maximum atomic E-state index is 12.2. The van der Waals surface area contributed by atoms with E-state index in [4.69, 9.17) is 31.8 Å². The summed E-state index contributed by atoms with van der Waals surface area (Å²) in [7, 11) is 0. The SMILES string of the molecule is NC1=NC2(CO1)c1cc(-c3cncc(Cl)c3)ccc1O[C@H]1CCC(=O)C[C@@H]12. The van der Waals surface area contributed by atoms with Gasteiger partial charge in [-0.1, -0.05) is 17.7 Å². The number of carbonyl (C=O) groups excluding carboxylic acids is 1. The highest BCUT2D eigenvalue weighted by Gasteiger charge is 2.55. The lowest BCUT2D eigenvalue weighted by Gasteiger charge is -2.45. The third-order valence-electron chi connectivity index (χ3n) is 5.73. The lowest BCUT2D eigenvalue weighted by Crippen LogP contribution is -2.51. The van der Waals surface area contributed by atoms with Crippen LogP contribution in [0.2, 0.25) is 5.02 Å². The molecule has 1 unspecified atom stereocenters. The molecule has 5 rings (SSSR count). The number of pyridine rings is 1. The Bertz CT molecular complexity index is 977. The van der Waals surface area contributed by atoms with Crippen LogP contribution >= 0.6 is 11.6 Å². The van der Waals surface area contributed by atoms with E-state index < -0.39 is 5.54 Å². The highest BCUT2D eigenvalue weighted by Crippen LogP contribution is 2.52. The van der Waals surface area contributed by atoms with Crippen molar-refractivity contribution in [2.45, 2.75) is 30.9 Å². The smallest absolute Gasteiger partial charge is 0.283 e. The number of carbonyl (C=O) groups is 1. The summed E-state index contributed by atoms with van der Waals surface area (Å²) in [5.41, 5.74) is 7.96. The van der Waals surface area contributed by atoms with Crippen molar-refractivity contribution in [3.8, 4) is 16.9 Å². The van der Waals surface area contributed by atoms with Crippen LogP contribution in [-0.4, -0.2) is 29.5 Å². The van der Waals surface area contributed by atoms with Gasteiger partial charge in [0.1, 0.15) is 29.8 Å². The van der Waals surface area contributed by atoms with Crippen LogP contribution in [0.15, 0.2) is 41.7 Å². The molecule has 0 saturated heterocycles. The van der Waals surface area contributed by atoms with Crippen LogP contribution < -0.4 is 10.5 Å². The number of aromatic nitrogens is 1. The first-order valence-electron chi connectivity index (χ1n) is 8.97. The van der Waals surface area contributed by atoms with Crippen LogP contribution in [0, 0.1) is 5.92 Å². The van der Waals surface area contributed by atoms with Crippen molar-refractivity contribution in [1.82, 2.24) is 4.98 Å². The molecule has 2 N–H and O–H groups in total. The van der Waals surface area contributed by atoms with Crippen LogP contribution in [-0.2, 0) is 15.1 Å². The fraction of sp³-hybridized carbons (Fsp3) is 0.350. The molecule has 1 spiro atoms. The summed E-state index contributed by atoms with van der Waals surface area (Å²) in [6.07, 6.45) is 4.96. The van der Waals surface area contributed by atoms with Crippen molar-refractivity contribution >= 4 is 23.4 Å². The molecule has 0 bridgehead atoms. The summed E-state index contributed by atoms with van der Waals surface area (Å²) < 4.78 is 11.8. The monoisotopic (exact) mass is 383 g/mol. The molecular formula is C20H18ClN3O3. The number of ether oxygens (including phenoxy) is 2. The second kappa shape index (κ2) is 5.96. The number of amidine groups is 1. The zero-order chi connectivity index (χ0) is 18.6. The van der Waals surface area contributed by atoms with Gasteiger partial charge in [-0.3, -0.25) is 9.78 Å². The standard InChI is InChI=1S/C20H18ClN3O3/c21-13-5-12(8-23-9-13)11-1-3-17-15(6-11)20(10-26-19(22)24-20)16-7-14(25)2-4-18(16)27-17/h1,3,5-6,8-9,16,18H,2,4,7,10H2,(H2,22,24)/t16-,18-,20?/m0/s1. The highest BCUT2D eigenvalue weighted by molar-refractivity contribution is 6.30. The van der Waals surface area contributed by atoms with Gasteiger partial charge in [0.25, 0.3) is 6.02 Å². The first kappa shape index (κ1) is 16.6. The van der Waals surface area contributed by atoms with E-state index in [2.05, 4.69) is 4.98 Å². The summed E-state index contributed by atoms with van der Waals surface area (Å²) in [4.78, 5) is 21.0. The minimum atomic E-state index is -0.694. The van der Waals surface area contributed by atoms with Crippen molar-refractivity contribution in [3.63, 3.8) is 0 Å². The Balaban J connectivity index is 1.67. The molecule has 6 nitrogen and oxygen atoms in total. The Labute approximate surface area is 161 Å². The quantitative estimate of drug-likeness (QED) is 0.817. The predicted molar refractivity (Wildman–Crippen MR) is 101 cm³/mol. The van der Waals surface area contributed by atoms with E-state index >= 15 is 0 Å². The minimum absolute atomic E-state index is 0.0628. The van der Waals surface area contributed by atoms with Gasteiger partial charge in [-0.15, -0.1) is 0 Å². The number of rotatable bonds is 1.